The molecular formula is C13H29N3O. The molecule has 1 aliphatic rings. The van der Waals surface area contributed by atoms with Crippen LogP contribution in [0.4, 0.5) is 0 Å². The van der Waals surface area contributed by atoms with Gasteiger partial charge in [0, 0.05) is 37.3 Å². The molecule has 1 saturated heterocycles. The number of rotatable bonds is 4. The Morgan fingerprint density at radius 3 is 2.06 bits per heavy atom. The van der Waals surface area contributed by atoms with Gasteiger partial charge in [-0.25, -0.2) is 0 Å². The summed E-state index contributed by atoms with van der Waals surface area (Å²) < 4.78 is 0. The van der Waals surface area contributed by atoms with Gasteiger partial charge in [-0.15, -0.1) is 0 Å². The van der Waals surface area contributed by atoms with Crippen LogP contribution in [-0.4, -0.2) is 65.8 Å². The first kappa shape index (κ1) is 14.9. The highest BCUT2D eigenvalue weighted by atomic mass is 16.3. The molecule has 0 aromatic rings. The molecule has 4 atom stereocenters. The Bertz CT molecular complexity index is 223. The molecule has 1 fully saturated rings. The standard InChI is InChI=1S/C13H29N3O/c1-9(2)13(14)12(8-17)16-6-10(3)15(5)11(4)7-16/h9-13,17H,6-8,14H2,1-5H3. The Hall–Kier alpha value is -0.160. The maximum absolute atomic E-state index is 9.60. The summed E-state index contributed by atoms with van der Waals surface area (Å²) in [6.07, 6.45) is 0. The van der Waals surface area contributed by atoms with Gasteiger partial charge in [-0.2, -0.15) is 0 Å². The predicted molar refractivity (Wildman–Crippen MR) is 71.9 cm³/mol. The number of hydrogen-bond donors (Lipinski definition) is 2. The SMILES string of the molecule is CC(C)C(N)C(CO)N1CC(C)N(C)C(C)C1. The lowest BCUT2D eigenvalue weighted by atomic mass is 9.94. The van der Waals surface area contributed by atoms with E-state index in [0.717, 1.165) is 13.1 Å². The molecule has 4 heteroatoms. The molecule has 0 saturated carbocycles. The number of aliphatic hydroxyl groups excluding tert-OH is 1. The summed E-state index contributed by atoms with van der Waals surface area (Å²) >= 11 is 0. The third-order valence-corrected chi connectivity index (χ3v) is 4.26. The second-order valence-corrected chi connectivity index (χ2v) is 5.89. The molecule has 0 aromatic carbocycles. The smallest absolute Gasteiger partial charge is 0.0602 e. The average Bonchev–Trinajstić information content (AvgIpc) is 2.26. The van der Waals surface area contributed by atoms with E-state index >= 15 is 0 Å². The Balaban J connectivity index is 2.70. The van der Waals surface area contributed by atoms with Crippen LogP contribution in [-0.2, 0) is 0 Å². The third kappa shape index (κ3) is 3.41. The van der Waals surface area contributed by atoms with Crippen LogP contribution in [0.5, 0.6) is 0 Å². The topological polar surface area (TPSA) is 52.7 Å². The van der Waals surface area contributed by atoms with Crippen LogP contribution >= 0.6 is 0 Å². The third-order valence-electron chi connectivity index (χ3n) is 4.26. The molecule has 0 spiro atoms. The summed E-state index contributed by atoms with van der Waals surface area (Å²) in [4.78, 5) is 4.76. The summed E-state index contributed by atoms with van der Waals surface area (Å²) in [6.45, 7) is 10.9. The summed E-state index contributed by atoms with van der Waals surface area (Å²) in [5.74, 6) is 0.400. The molecule has 0 aliphatic carbocycles. The molecule has 1 aliphatic heterocycles. The minimum atomic E-state index is 0.0443. The van der Waals surface area contributed by atoms with Crippen LogP contribution in [0.2, 0.25) is 0 Å². The van der Waals surface area contributed by atoms with Gasteiger partial charge < -0.3 is 10.8 Å². The molecule has 1 heterocycles. The van der Waals surface area contributed by atoms with Gasteiger partial charge in [-0.3, -0.25) is 9.80 Å². The Morgan fingerprint density at radius 2 is 1.71 bits per heavy atom. The van der Waals surface area contributed by atoms with Crippen molar-refractivity contribution >= 4 is 0 Å². The van der Waals surface area contributed by atoms with Crippen molar-refractivity contribution in [1.82, 2.24) is 9.80 Å². The molecule has 3 N–H and O–H groups in total. The van der Waals surface area contributed by atoms with Crippen molar-refractivity contribution in [3.63, 3.8) is 0 Å². The lowest BCUT2D eigenvalue weighted by molar-refractivity contribution is 0.00327. The largest absolute Gasteiger partial charge is 0.395 e. The predicted octanol–water partition coefficient (Wildman–Crippen LogP) is 0.355. The van der Waals surface area contributed by atoms with Gasteiger partial charge in [-0.05, 0) is 26.8 Å². The fourth-order valence-corrected chi connectivity index (χ4v) is 2.64. The molecule has 4 unspecified atom stereocenters. The van der Waals surface area contributed by atoms with E-state index in [9.17, 15) is 5.11 Å². The molecular weight excluding hydrogens is 214 g/mol. The quantitative estimate of drug-likeness (QED) is 0.748. The Morgan fingerprint density at radius 1 is 1.24 bits per heavy atom. The number of likely N-dealkylation sites (N-methyl/N-ethyl adjacent to an activating group) is 1. The van der Waals surface area contributed by atoms with Crippen molar-refractivity contribution < 1.29 is 5.11 Å². The number of nitrogens with zero attached hydrogens (tertiary/aromatic N) is 2. The first-order valence-electron chi connectivity index (χ1n) is 6.70. The maximum Gasteiger partial charge on any atom is 0.0602 e. The normalized spacial score (nSPS) is 31.8. The Kier molecular flexibility index (Phi) is 5.38. The van der Waals surface area contributed by atoms with Crippen molar-refractivity contribution in [3.8, 4) is 0 Å². The van der Waals surface area contributed by atoms with Crippen molar-refractivity contribution in [2.45, 2.75) is 51.9 Å². The van der Waals surface area contributed by atoms with E-state index in [4.69, 9.17) is 5.73 Å². The average molecular weight is 243 g/mol. The number of nitrogens with two attached hydrogens (primary N) is 1. The van der Waals surface area contributed by atoms with Crippen molar-refractivity contribution in [2.24, 2.45) is 11.7 Å². The lowest BCUT2D eigenvalue weighted by Crippen LogP contribution is -2.62. The fourth-order valence-electron chi connectivity index (χ4n) is 2.64. The van der Waals surface area contributed by atoms with Crippen LogP contribution in [0.3, 0.4) is 0 Å². The van der Waals surface area contributed by atoms with Crippen LogP contribution in [0.25, 0.3) is 0 Å². The van der Waals surface area contributed by atoms with E-state index in [1.165, 1.54) is 0 Å². The van der Waals surface area contributed by atoms with Gasteiger partial charge in [0.05, 0.1) is 6.61 Å². The molecule has 102 valence electrons. The van der Waals surface area contributed by atoms with E-state index in [1.807, 2.05) is 0 Å². The van der Waals surface area contributed by atoms with Gasteiger partial charge in [0.1, 0.15) is 0 Å². The molecule has 17 heavy (non-hydrogen) atoms. The monoisotopic (exact) mass is 243 g/mol. The highest BCUT2D eigenvalue weighted by molar-refractivity contribution is 4.91. The summed E-state index contributed by atoms with van der Waals surface area (Å²) in [5.41, 5.74) is 6.21. The number of aliphatic hydroxyl groups is 1. The Labute approximate surface area is 106 Å². The first-order chi connectivity index (χ1) is 7.88. The first-order valence-corrected chi connectivity index (χ1v) is 6.70. The van der Waals surface area contributed by atoms with Gasteiger partial charge in [0.25, 0.3) is 0 Å². The van der Waals surface area contributed by atoms with E-state index in [1.54, 1.807) is 0 Å². The van der Waals surface area contributed by atoms with Crippen molar-refractivity contribution in [2.75, 3.05) is 26.7 Å². The molecule has 0 aromatic heterocycles. The summed E-state index contributed by atoms with van der Waals surface area (Å²) in [7, 11) is 2.17. The van der Waals surface area contributed by atoms with Crippen LogP contribution in [0.15, 0.2) is 0 Å². The number of hydrogen-bond acceptors (Lipinski definition) is 4. The van der Waals surface area contributed by atoms with Gasteiger partial charge >= 0.3 is 0 Å². The van der Waals surface area contributed by atoms with Gasteiger partial charge in [-0.1, -0.05) is 13.8 Å². The molecule has 0 amide bonds. The molecule has 0 bridgehead atoms. The fraction of sp³-hybridized carbons (Fsp3) is 1.00. The van der Waals surface area contributed by atoms with Crippen LogP contribution in [0.1, 0.15) is 27.7 Å². The molecule has 0 radical (unpaired) electrons. The molecule has 1 rings (SSSR count). The second kappa shape index (κ2) is 6.14. The molecule has 4 nitrogen and oxygen atoms in total. The van der Waals surface area contributed by atoms with E-state index in [-0.39, 0.29) is 18.7 Å². The summed E-state index contributed by atoms with van der Waals surface area (Å²) in [6, 6.07) is 1.18. The minimum absolute atomic E-state index is 0.0443. The number of piperazine rings is 1. The van der Waals surface area contributed by atoms with E-state index < -0.39 is 0 Å². The van der Waals surface area contributed by atoms with Gasteiger partial charge in [0.15, 0.2) is 0 Å². The zero-order valence-corrected chi connectivity index (χ0v) is 11.9. The van der Waals surface area contributed by atoms with Gasteiger partial charge in [0.2, 0.25) is 0 Å². The zero-order valence-electron chi connectivity index (χ0n) is 11.9. The lowest BCUT2D eigenvalue weighted by Gasteiger charge is -2.47. The zero-order chi connectivity index (χ0) is 13.2. The van der Waals surface area contributed by atoms with E-state index in [0.29, 0.717) is 18.0 Å². The van der Waals surface area contributed by atoms with Crippen LogP contribution < -0.4 is 5.73 Å². The van der Waals surface area contributed by atoms with Crippen LogP contribution in [0, 0.1) is 5.92 Å². The second-order valence-electron chi connectivity index (χ2n) is 5.89. The minimum Gasteiger partial charge on any atom is -0.395 e. The highest BCUT2D eigenvalue weighted by Crippen LogP contribution is 2.19. The summed E-state index contributed by atoms with van der Waals surface area (Å²) in [5, 5.41) is 9.60. The maximum atomic E-state index is 9.60. The van der Waals surface area contributed by atoms with Crippen molar-refractivity contribution in [1.29, 1.82) is 0 Å². The van der Waals surface area contributed by atoms with E-state index in [2.05, 4.69) is 44.5 Å². The van der Waals surface area contributed by atoms with Crippen molar-refractivity contribution in [3.05, 3.63) is 0 Å². The highest BCUT2D eigenvalue weighted by Gasteiger charge is 2.33.